The van der Waals surface area contributed by atoms with Crippen LogP contribution in [-0.2, 0) is 16.6 Å². The highest BCUT2D eigenvalue weighted by atomic mass is 32.1. The van der Waals surface area contributed by atoms with Gasteiger partial charge < -0.3 is 9.84 Å². The Hall–Kier alpha value is -0.450. The van der Waals surface area contributed by atoms with Crippen LogP contribution < -0.4 is 0 Å². The Labute approximate surface area is 113 Å². The number of thiazole rings is 1. The Kier molecular flexibility index (Phi) is 3.81. The van der Waals surface area contributed by atoms with E-state index in [4.69, 9.17) is 4.74 Å². The Bertz CT molecular complexity index is 400. The molecule has 1 fully saturated rings. The molecular formula is C14H23NO2S. The van der Waals surface area contributed by atoms with Crippen LogP contribution in [0.1, 0.15) is 44.8 Å². The van der Waals surface area contributed by atoms with E-state index in [0.29, 0.717) is 13.0 Å². The smallest absolute Gasteiger partial charge is 0.0957 e. The van der Waals surface area contributed by atoms with Crippen molar-refractivity contribution in [2.75, 3.05) is 13.2 Å². The van der Waals surface area contributed by atoms with Crippen molar-refractivity contribution in [2.45, 2.75) is 51.6 Å². The molecule has 0 bridgehead atoms. The number of aromatic nitrogens is 1. The zero-order valence-electron chi connectivity index (χ0n) is 11.7. The molecule has 1 aromatic rings. The molecule has 1 aromatic heterocycles. The highest BCUT2D eigenvalue weighted by molar-refractivity contribution is 7.09. The van der Waals surface area contributed by atoms with E-state index in [1.54, 1.807) is 11.3 Å². The van der Waals surface area contributed by atoms with Gasteiger partial charge in [0.25, 0.3) is 0 Å². The summed E-state index contributed by atoms with van der Waals surface area (Å²) in [6.07, 6.45) is 1.58. The Balaban J connectivity index is 2.06. The number of ether oxygens (including phenoxy) is 1. The second-order valence-electron chi connectivity index (χ2n) is 6.47. The van der Waals surface area contributed by atoms with Crippen molar-refractivity contribution in [2.24, 2.45) is 5.92 Å². The van der Waals surface area contributed by atoms with Crippen LogP contribution in [0.5, 0.6) is 0 Å². The summed E-state index contributed by atoms with van der Waals surface area (Å²) in [6, 6.07) is 0. The van der Waals surface area contributed by atoms with Crippen molar-refractivity contribution in [3.8, 4) is 0 Å². The molecule has 2 rings (SSSR count). The van der Waals surface area contributed by atoms with Crippen LogP contribution in [0.4, 0.5) is 0 Å². The molecule has 0 radical (unpaired) electrons. The van der Waals surface area contributed by atoms with E-state index < -0.39 is 5.60 Å². The van der Waals surface area contributed by atoms with Gasteiger partial charge in [-0.2, -0.15) is 0 Å². The van der Waals surface area contributed by atoms with Crippen molar-refractivity contribution in [1.29, 1.82) is 0 Å². The lowest BCUT2D eigenvalue weighted by Crippen LogP contribution is -2.37. The number of rotatable bonds is 3. The SMILES string of the molecule is CC(C)(C)c1csc(CC(C)(O)C2CCOC2)n1. The topological polar surface area (TPSA) is 42.4 Å². The standard InChI is InChI=1S/C14H23NO2S/c1-13(2,3)11-9-18-12(15-11)7-14(4,16)10-5-6-17-8-10/h9-10,16H,5-8H2,1-4H3. The van der Waals surface area contributed by atoms with Gasteiger partial charge >= 0.3 is 0 Å². The third-order valence-corrected chi connectivity index (χ3v) is 4.49. The van der Waals surface area contributed by atoms with Crippen LogP contribution in [-0.4, -0.2) is 28.9 Å². The average Bonchev–Trinajstić information content (AvgIpc) is 2.83. The first-order chi connectivity index (χ1) is 8.29. The Morgan fingerprint density at radius 2 is 2.17 bits per heavy atom. The van der Waals surface area contributed by atoms with E-state index in [2.05, 4.69) is 31.1 Å². The fourth-order valence-electron chi connectivity index (χ4n) is 2.21. The zero-order valence-corrected chi connectivity index (χ0v) is 12.5. The van der Waals surface area contributed by atoms with Gasteiger partial charge in [-0.3, -0.25) is 0 Å². The summed E-state index contributed by atoms with van der Waals surface area (Å²) >= 11 is 1.65. The molecule has 0 aliphatic carbocycles. The number of hydrogen-bond donors (Lipinski definition) is 1. The number of hydrogen-bond acceptors (Lipinski definition) is 4. The van der Waals surface area contributed by atoms with Crippen molar-refractivity contribution in [3.63, 3.8) is 0 Å². The van der Waals surface area contributed by atoms with Crippen LogP contribution in [0.3, 0.4) is 0 Å². The minimum Gasteiger partial charge on any atom is -0.389 e. The second-order valence-corrected chi connectivity index (χ2v) is 7.41. The van der Waals surface area contributed by atoms with E-state index in [-0.39, 0.29) is 11.3 Å². The van der Waals surface area contributed by atoms with Gasteiger partial charge in [0, 0.05) is 29.7 Å². The van der Waals surface area contributed by atoms with E-state index in [1.165, 1.54) is 0 Å². The van der Waals surface area contributed by atoms with E-state index in [0.717, 1.165) is 23.7 Å². The quantitative estimate of drug-likeness (QED) is 0.917. The average molecular weight is 269 g/mol. The molecular weight excluding hydrogens is 246 g/mol. The van der Waals surface area contributed by atoms with Gasteiger partial charge in [-0.15, -0.1) is 11.3 Å². The first-order valence-electron chi connectivity index (χ1n) is 6.54. The highest BCUT2D eigenvalue weighted by Gasteiger charge is 2.35. The molecule has 0 aromatic carbocycles. The Morgan fingerprint density at radius 3 is 2.67 bits per heavy atom. The predicted octanol–water partition coefficient (Wildman–Crippen LogP) is 2.77. The molecule has 2 unspecified atom stereocenters. The van der Waals surface area contributed by atoms with Crippen LogP contribution in [0.2, 0.25) is 0 Å². The van der Waals surface area contributed by atoms with Crippen molar-refractivity contribution in [1.82, 2.24) is 4.98 Å². The molecule has 102 valence electrons. The third kappa shape index (κ3) is 3.11. The van der Waals surface area contributed by atoms with Crippen LogP contribution in [0.25, 0.3) is 0 Å². The molecule has 2 heterocycles. The van der Waals surface area contributed by atoms with Gasteiger partial charge in [-0.1, -0.05) is 20.8 Å². The van der Waals surface area contributed by atoms with Crippen molar-refractivity contribution >= 4 is 11.3 Å². The second kappa shape index (κ2) is 4.91. The summed E-state index contributed by atoms with van der Waals surface area (Å²) in [6.45, 7) is 9.83. The molecule has 18 heavy (non-hydrogen) atoms. The fourth-order valence-corrected chi connectivity index (χ4v) is 3.39. The number of nitrogens with zero attached hydrogens (tertiary/aromatic N) is 1. The summed E-state index contributed by atoms with van der Waals surface area (Å²) in [5.74, 6) is 0.236. The summed E-state index contributed by atoms with van der Waals surface area (Å²) in [4.78, 5) is 4.66. The van der Waals surface area contributed by atoms with Crippen molar-refractivity contribution in [3.05, 3.63) is 16.1 Å². The highest BCUT2D eigenvalue weighted by Crippen LogP contribution is 2.31. The summed E-state index contributed by atoms with van der Waals surface area (Å²) in [7, 11) is 0. The summed E-state index contributed by atoms with van der Waals surface area (Å²) < 4.78 is 5.36. The molecule has 1 aliphatic rings. The first kappa shape index (κ1) is 14.0. The lowest BCUT2D eigenvalue weighted by Gasteiger charge is -2.28. The van der Waals surface area contributed by atoms with Gasteiger partial charge in [0.15, 0.2) is 0 Å². The molecule has 1 saturated heterocycles. The molecule has 0 spiro atoms. The first-order valence-corrected chi connectivity index (χ1v) is 7.42. The minimum atomic E-state index is -0.705. The van der Waals surface area contributed by atoms with E-state index in [1.807, 2.05) is 6.92 Å². The van der Waals surface area contributed by atoms with Crippen LogP contribution in [0.15, 0.2) is 5.38 Å². The monoisotopic (exact) mass is 269 g/mol. The predicted molar refractivity (Wildman–Crippen MR) is 74.1 cm³/mol. The molecule has 0 amide bonds. The molecule has 1 aliphatic heterocycles. The zero-order chi connectivity index (χ0) is 13.4. The number of aliphatic hydroxyl groups is 1. The van der Waals surface area contributed by atoms with E-state index >= 15 is 0 Å². The molecule has 2 atom stereocenters. The third-order valence-electron chi connectivity index (χ3n) is 3.64. The maximum Gasteiger partial charge on any atom is 0.0957 e. The maximum atomic E-state index is 10.6. The molecule has 1 N–H and O–H groups in total. The van der Waals surface area contributed by atoms with Gasteiger partial charge in [-0.25, -0.2) is 4.98 Å². The molecule has 3 nitrogen and oxygen atoms in total. The lowest BCUT2D eigenvalue weighted by molar-refractivity contribution is -0.00461. The Morgan fingerprint density at radius 1 is 1.44 bits per heavy atom. The fraction of sp³-hybridized carbons (Fsp3) is 0.786. The maximum absolute atomic E-state index is 10.6. The molecule has 0 saturated carbocycles. The van der Waals surface area contributed by atoms with E-state index in [9.17, 15) is 5.11 Å². The van der Waals surface area contributed by atoms with Gasteiger partial charge in [0.2, 0.25) is 0 Å². The summed E-state index contributed by atoms with van der Waals surface area (Å²) in [5.41, 5.74) is 0.488. The van der Waals surface area contributed by atoms with Gasteiger partial charge in [0.1, 0.15) is 0 Å². The van der Waals surface area contributed by atoms with Crippen LogP contribution >= 0.6 is 11.3 Å². The van der Waals surface area contributed by atoms with Gasteiger partial charge in [-0.05, 0) is 13.3 Å². The summed E-state index contributed by atoms with van der Waals surface area (Å²) in [5, 5.41) is 13.7. The normalized spacial score (nSPS) is 24.2. The van der Waals surface area contributed by atoms with Gasteiger partial charge in [0.05, 0.1) is 22.9 Å². The van der Waals surface area contributed by atoms with Crippen molar-refractivity contribution < 1.29 is 9.84 Å². The molecule has 4 heteroatoms. The largest absolute Gasteiger partial charge is 0.389 e. The van der Waals surface area contributed by atoms with Crippen LogP contribution in [0, 0.1) is 5.92 Å². The lowest BCUT2D eigenvalue weighted by atomic mass is 9.86. The minimum absolute atomic E-state index is 0.0804.